The summed E-state index contributed by atoms with van der Waals surface area (Å²) in [4.78, 5) is 19.3. The van der Waals surface area contributed by atoms with E-state index in [4.69, 9.17) is 38.2 Å². The zero-order valence-electron chi connectivity index (χ0n) is 18.7. The summed E-state index contributed by atoms with van der Waals surface area (Å²) in [6.45, 7) is 7.67. The monoisotopic (exact) mass is 492 g/mol. The van der Waals surface area contributed by atoms with Crippen LogP contribution < -0.4 is 0 Å². The van der Waals surface area contributed by atoms with E-state index < -0.39 is 15.2 Å². The minimum atomic E-state index is -3.65. The van der Waals surface area contributed by atoms with Crippen molar-refractivity contribution in [2.45, 2.75) is 40.0 Å². The molecule has 0 unspecified atom stereocenters. The van der Waals surface area contributed by atoms with Crippen LogP contribution in [0.1, 0.15) is 38.8 Å². The molecule has 32 heavy (non-hydrogen) atoms. The van der Waals surface area contributed by atoms with Crippen LogP contribution in [0.5, 0.6) is 0 Å². The van der Waals surface area contributed by atoms with E-state index >= 15 is 0 Å². The molecule has 0 fully saturated rings. The van der Waals surface area contributed by atoms with Crippen LogP contribution in [0, 0.1) is 0 Å². The molecule has 0 radical (unpaired) electrons. The number of fused-ring (bicyclic) bond motifs is 1. The average molecular weight is 492 g/mol. The molecular weight excluding hydrogens is 462 g/mol. The van der Waals surface area contributed by atoms with Gasteiger partial charge < -0.3 is 0 Å². The highest BCUT2D eigenvalue weighted by atomic mass is 31.2. The van der Waals surface area contributed by atoms with E-state index in [1.165, 1.54) is 0 Å². The maximum atomic E-state index is 12.8. The summed E-state index contributed by atoms with van der Waals surface area (Å²) >= 11 is 0. The molecule has 0 aliphatic carbocycles. The minimum Gasteiger partial charge on any atom is -0.255 e. The van der Waals surface area contributed by atoms with Gasteiger partial charge in [-0.05, 0) is 49.6 Å². The second-order valence-electron chi connectivity index (χ2n) is 6.48. The Morgan fingerprint density at radius 1 is 0.562 bits per heavy atom. The standard InChI is InChI=1S/C20H30O10P2/c1-5-23-27-31(21,28-24-6-2)15-17-9-11-20-14-18(10-12-19(20)13-17)16-32(22,29-25-7-3)30-26-8-4/h9-14H,5-8,15-16H2,1-4H3. The zero-order valence-corrected chi connectivity index (χ0v) is 20.5. The average Bonchev–Trinajstić information content (AvgIpc) is 2.79. The molecule has 10 nitrogen and oxygen atoms in total. The second-order valence-corrected chi connectivity index (χ2v) is 10.2. The second kappa shape index (κ2) is 13.5. The van der Waals surface area contributed by atoms with E-state index in [1.54, 1.807) is 39.8 Å². The molecule has 0 aliphatic rings. The quantitative estimate of drug-likeness (QED) is 0.155. The van der Waals surface area contributed by atoms with Gasteiger partial charge in [-0.15, -0.1) is 18.7 Å². The largest absolute Gasteiger partial charge is 0.388 e. The molecule has 0 saturated heterocycles. The molecule has 0 atom stereocenters. The molecule has 0 spiro atoms. The van der Waals surface area contributed by atoms with Crippen LogP contribution in [0.15, 0.2) is 36.4 Å². The first kappa shape index (κ1) is 27.1. The topological polar surface area (TPSA) is 108 Å². The van der Waals surface area contributed by atoms with Crippen molar-refractivity contribution in [1.29, 1.82) is 0 Å². The molecule has 0 saturated carbocycles. The highest BCUT2D eigenvalue weighted by Gasteiger charge is 2.30. The van der Waals surface area contributed by atoms with Gasteiger partial charge in [0.1, 0.15) is 0 Å². The van der Waals surface area contributed by atoms with Gasteiger partial charge in [-0.25, -0.2) is 19.6 Å². The first-order valence-electron chi connectivity index (χ1n) is 10.3. The van der Waals surface area contributed by atoms with Crippen LogP contribution >= 0.6 is 15.2 Å². The van der Waals surface area contributed by atoms with E-state index in [0.717, 1.165) is 10.8 Å². The Bertz CT molecular complexity index is 836. The van der Waals surface area contributed by atoms with Crippen LogP contribution in [0.2, 0.25) is 0 Å². The van der Waals surface area contributed by atoms with Crippen molar-refractivity contribution in [3.05, 3.63) is 47.5 Å². The van der Waals surface area contributed by atoms with E-state index in [-0.39, 0.29) is 38.8 Å². The summed E-state index contributed by atoms with van der Waals surface area (Å²) in [6, 6.07) is 11.0. The summed E-state index contributed by atoms with van der Waals surface area (Å²) in [6.07, 6.45) is -0.0748. The highest BCUT2D eigenvalue weighted by Crippen LogP contribution is 2.53. The molecule has 180 valence electrons. The normalized spacial score (nSPS) is 12.5. The minimum absolute atomic E-state index is 0.0374. The predicted molar refractivity (Wildman–Crippen MR) is 117 cm³/mol. The Hall–Kier alpha value is -1.16. The van der Waals surface area contributed by atoms with Crippen LogP contribution in [0.3, 0.4) is 0 Å². The third-order valence-corrected chi connectivity index (χ3v) is 6.69. The van der Waals surface area contributed by atoms with Gasteiger partial charge in [-0.3, -0.25) is 9.13 Å². The number of hydrogen-bond acceptors (Lipinski definition) is 10. The van der Waals surface area contributed by atoms with Gasteiger partial charge in [0.25, 0.3) is 0 Å². The first-order valence-corrected chi connectivity index (χ1v) is 13.8. The molecular formula is C20H30O10P2. The lowest BCUT2D eigenvalue weighted by molar-refractivity contribution is -0.263. The van der Waals surface area contributed by atoms with E-state index in [9.17, 15) is 9.13 Å². The number of hydrogen-bond donors (Lipinski definition) is 0. The van der Waals surface area contributed by atoms with Crippen molar-refractivity contribution in [2.24, 2.45) is 0 Å². The molecule has 0 aromatic heterocycles. The molecule has 2 aromatic carbocycles. The van der Waals surface area contributed by atoms with Gasteiger partial charge in [0.15, 0.2) is 0 Å². The lowest BCUT2D eigenvalue weighted by atomic mass is 10.1. The fourth-order valence-corrected chi connectivity index (χ4v) is 5.26. The smallest absolute Gasteiger partial charge is 0.255 e. The molecule has 12 heteroatoms. The molecule has 0 aliphatic heterocycles. The third-order valence-electron chi connectivity index (χ3n) is 3.86. The van der Waals surface area contributed by atoms with Crippen molar-refractivity contribution in [3.8, 4) is 0 Å². The fraction of sp³-hybridized carbons (Fsp3) is 0.500. The summed E-state index contributed by atoms with van der Waals surface area (Å²) < 4.78 is 45.5. The summed E-state index contributed by atoms with van der Waals surface area (Å²) in [5.74, 6) is 0. The number of benzene rings is 2. The van der Waals surface area contributed by atoms with Crippen molar-refractivity contribution < 1.29 is 47.4 Å². The predicted octanol–water partition coefficient (Wildman–Crippen LogP) is 6.10. The molecule has 0 amide bonds. The van der Waals surface area contributed by atoms with Crippen molar-refractivity contribution in [3.63, 3.8) is 0 Å². The van der Waals surface area contributed by atoms with Crippen molar-refractivity contribution in [1.82, 2.24) is 0 Å². The molecule has 0 bridgehead atoms. The molecule has 2 aromatic rings. The Balaban J connectivity index is 2.20. The van der Waals surface area contributed by atoms with Crippen LogP contribution in [0.4, 0.5) is 0 Å². The lowest BCUT2D eigenvalue weighted by Gasteiger charge is -2.16. The zero-order chi connectivity index (χ0) is 23.5. The maximum absolute atomic E-state index is 12.8. The van der Waals surface area contributed by atoms with E-state index in [0.29, 0.717) is 11.1 Å². The van der Waals surface area contributed by atoms with Crippen molar-refractivity contribution >= 4 is 26.0 Å². The summed E-state index contributed by atoms with van der Waals surface area (Å²) in [5, 5.41) is 1.74. The van der Waals surface area contributed by atoms with Crippen LogP contribution in [0.25, 0.3) is 10.8 Å². The molecule has 0 heterocycles. The van der Waals surface area contributed by atoms with Crippen LogP contribution in [-0.2, 0) is 59.7 Å². The molecule has 0 N–H and O–H groups in total. The Morgan fingerprint density at radius 3 is 1.16 bits per heavy atom. The maximum Gasteiger partial charge on any atom is 0.388 e. The van der Waals surface area contributed by atoms with E-state index in [1.807, 2.05) is 24.3 Å². The van der Waals surface area contributed by atoms with Gasteiger partial charge in [0.05, 0.1) is 38.8 Å². The fourth-order valence-electron chi connectivity index (χ4n) is 2.65. The summed E-state index contributed by atoms with van der Waals surface area (Å²) in [7, 11) is -7.31. The van der Waals surface area contributed by atoms with Gasteiger partial charge in [0, 0.05) is 0 Å². The Kier molecular flexibility index (Phi) is 11.4. The number of rotatable bonds is 16. The third kappa shape index (κ3) is 8.65. The first-order chi connectivity index (χ1) is 15.4. The lowest BCUT2D eigenvalue weighted by Crippen LogP contribution is -2.02. The van der Waals surface area contributed by atoms with Crippen LogP contribution in [-0.4, -0.2) is 26.4 Å². The Labute approximate surface area is 187 Å². The van der Waals surface area contributed by atoms with Crippen molar-refractivity contribution in [2.75, 3.05) is 26.4 Å². The van der Waals surface area contributed by atoms with Gasteiger partial charge in [-0.1, -0.05) is 36.4 Å². The Morgan fingerprint density at radius 2 is 0.875 bits per heavy atom. The van der Waals surface area contributed by atoms with Gasteiger partial charge in [-0.2, -0.15) is 0 Å². The SMILES string of the molecule is CCOOP(=O)(Cc1ccc2cc(CP(=O)(OOCC)OOCC)ccc2c1)OOCC. The van der Waals surface area contributed by atoms with Gasteiger partial charge >= 0.3 is 15.2 Å². The highest BCUT2D eigenvalue weighted by molar-refractivity contribution is 7.53. The van der Waals surface area contributed by atoms with Gasteiger partial charge in [0.2, 0.25) is 0 Å². The molecule has 2 rings (SSSR count). The van der Waals surface area contributed by atoms with E-state index in [2.05, 4.69) is 0 Å². The summed E-state index contributed by atoms with van der Waals surface area (Å²) in [5.41, 5.74) is 1.41.